The molecule has 3 heteroatoms. The molecule has 88 valence electrons. The van der Waals surface area contributed by atoms with Crippen molar-refractivity contribution in [1.82, 2.24) is 4.90 Å². The highest BCUT2D eigenvalue weighted by Crippen LogP contribution is 2.32. The van der Waals surface area contributed by atoms with Crippen molar-refractivity contribution < 1.29 is 4.79 Å². The van der Waals surface area contributed by atoms with E-state index >= 15 is 0 Å². The molecule has 0 aromatic heterocycles. The van der Waals surface area contributed by atoms with Crippen molar-refractivity contribution in [2.75, 3.05) is 13.6 Å². The first kappa shape index (κ1) is 12.5. The molecule has 0 bridgehead atoms. The molecule has 1 atom stereocenters. The quantitative estimate of drug-likeness (QED) is 0.755. The Labute approximate surface area is 93.0 Å². The molecule has 1 aliphatic carbocycles. The van der Waals surface area contributed by atoms with Gasteiger partial charge in [-0.15, -0.1) is 0 Å². The van der Waals surface area contributed by atoms with Crippen LogP contribution in [0.25, 0.3) is 0 Å². The Balaban J connectivity index is 2.32. The normalized spacial score (nSPS) is 20.5. The average Bonchev–Trinajstić information content (AvgIpc) is 2.14. The molecule has 0 aromatic rings. The summed E-state index contributed by atoms with van der Waals surface area (Å²) >= 11 is 0. The van der Waals surface area contributed by atoms with Gasteiger partial charge in [-0.3, -0.25) is 4.79 Å². The van der Waals surface area contributed by atoms with Crippen molar-refractivity contribution >= 4 is 5.91 Å². The topological polar surface area (TPSA) is 46.3 Å². The van der Waals surface area contributed by atoms with Crippen LogP contribution in [0.4, 0.5) is 0 Å². The Bertz CT molecular complexity index is 224. The van der Waals surface area contributed by atoms with Gasteiger partial charge in [0.2, 0.25) is 5.91 Å². The van der Waals surface area contributed by atoms with E-state index in [2.05, 4.69) is 13.8 Å². The fourth-order valence-corrected chi connectivity index (χ4v) is 1.94. The number of carbonyl (C=O) groups excluding carboxylic acids is 1. The number of hydrogen-bond donors (Lipinski definition) is 1. The number of nitrogens with two attached hydrogens (primary N) is 1. The van der Waals surface area contributed by atoms with Crippen LogP contribution < -0.4 is 5.73 Å². The first-order valence-corrected chi connectivity index (χ1v) is 6.00. The molecule has 1 unspecified atom stereocenters. The van der Waals surface area contributed by atoms with Crippen LogP contribution in [0, 0.1) is 5.92 Å². The third kappa shape index (κ3) is 3.49. The van der Waals surface area contributed by atoms with Gasteiger partial charge < -0.3 is 10.6 Å². The van der Waals surface area contributed by atoms with E-state index in [9.17, 15) is 4.79 Å². The van der Waals surface area contributed by atoms with Crippen molar-refractivity contribution in [3.05, 3.63) is 0 Å². The van der Waals surface area contributed by atoms with Gasteiger partial charge in [0.15, 0.2) is 0 Å². The standard InChI is InChI=1S/C12H24N2O/c1-4-10(2)9-14(3)11(15)8-12(13)6-5-7-12/h10H,4-9,13H2,1-3H3. The molecule has 0 spiro atoms. The molecule has 0 radical (unpaired) electrons. The molecule has 0 aromatic carbocycles. The Hall–Kier alpha value is -0.570. The Morgan fingerprint density at radius 1 is 1.53 bits per heavy atom. The van der Waals surface area contributed by atoms with Gasteiger partial charge in [-0.1, -0.05) is 20.3 Å². The van der Waals surface area contributed by atoms with Crippen LogP contribution in [0.1, 0.15) is 46.0 Å². The van der Waals surface area contributed by atoms with Gasteiger partial charge >= 0.3 is 0 Å². The summed E-state index contributed by atoms with van der Waals surface area (Å²) in [6.45, 7) is 5.18. The van der Waals surface area contributed by atoms with Crippen LogP contribution in [0.15, 0.2) is 0 Å². The largest absolute Gasteiger partial charge is 0.345 e. The molecule has 2 N–H and O–H groups in total. The van der Waals surface area contributed by atoms with E-state index in [-0.39, 0.29) is 11.4 Å². The predicted molar refractivity (Wildman–Crippen MR) is 62.5 cm³/mol. The maximum Gasteiger partial charge on any atom is 0.224 e. The van der Waals surface area contributed by atoms with Crippen LogP contribution in [0.3, 0.4) is 0 Å². The van der Waals surface area contributed by atoms with Gasteiger partial charge in [0.05, 0.1) is 0 Å². The summed E-state index contributed by atoms with van der Waals surface area (Å²) in [5, 5.41) is 0. The Morgan fingerprint density at radius 2 is 2.13 bits per heavy atom. The Kier molecular flexibility index (Phi) is 4.14. The van der Waals surface area contributed by atoms with Gasteiger partial charge in [0.25, 0.3) is 0 Å². The second kappa shape index (κ2) is 4.97. The minimum absolute atomic E-state index is 0.180. The van der Waals surface area contributed by atoms with Crippen molar-refractivity contribution in [3.8, 4) is 0 Å². The van der Waals surface area contributed by atoms with Gasteiger partial charge in [0.1, 0.15) is 0 Å². The molecular formula is C12H24N2O. The molecule has 1 amide bonds. The minimum Gasteiger partial charge on any atom is -0.345 e. The van der Waals surface area contributed by atoms with Crippen molar-refractivity contribution in [3.63, 3.8) is 0 Å². The maximum atomic E-state index is 11.8. The fourth-order valence-electron chi connectivity index (χ4n) is 1.94. The van der Waals surface area contributed by atoms with Crippen molar-refractivity contribution in [2.24, 2.45) is 11.7 Å². The summed E-state index contributed by atoms with van der Waals surface area (Å²) in [7, 11) is 1.89. The van der Waals surface area contributed by atoms with Crippen LogP contribution >= 0.6 is 0 Å². The SMILES string of the molecule is CCC(C)CN(C)C(=O)CC1(N)CCC1. The first-order chi connectivity index (χ1) is 6.97. The summed E-state index contributed by atoms with van der Waals surface area (Å²) < 4.78 is 0. The van der Waals surface area contributed by atoms with E-state index in [4.69, 9.17) is 5.73 Å². The van der Waals surface area contributed by atoms with Crippen LogP contribution in [-0.2, 0) is 4.79 Å². The first-order valence-electron chi connectivity index (χ1n) is 6.00. The van der Waals surface area contributed by atoms with Crippen LogP contribution in [0.2, 0.25) is 0 Å². The molecule has 0 heterocycles. The van der Waals surface area contributed by atoms with E-state index in [1.807, 2.05) is 11.9 Å². The predicted octanol–water partition coefficient (Wildman–Crippen LogP) is 1.76. The lowest BCUT2D eigenvalue weighted by Gasteiger charge is -2.38. The molecule has 3 nitrogen and oxygen atoms in total. The molecule has 1 aliphatic rings. The lowest BCUT2D eigenvalue weighted by atomic mass is 9.75. The third-order valence-electron chi connectivity index (χ3n) is 3.56. The number of rotatable bonds is 5. The minimum atomic E-state index is -0.180. The highest BCUT2D eigenvalue weighted by Gasteiger charge is 2.35. The van der Waals surface area contributed by atoms with Gasteiger partial charge in [-0.05, 0) is 25.2 Å². The lowest BCUT2D eigenvalue weighted by Crippen LogP contribution is -2.50. The molecular weight excluding hydrogens is 188 g/mol. The second-order valence-corrected chi connectivity index (χ2v) is 5.18. The van der Waals surface area contributed by atoms with E-state index in [0.717, 1.165) is 25.8 Å². The number of hydrogen-bond acceptors (Lipinski definition) is 2. The molecule has 1 rings (SSSR count). The smallest absolute Gasteiger partial charge is 0.224 e. The molecule has 1 fully saturated rings. The van der Waals surface area contributed by atoms with Gasteiger partial charge in [0, 0.05) is 25.6 Å². The summed E-state index contributed by atoms with van der Waals surface area (Å²) in [5.41, 5.74) is 5.88. The van der Waals surface area contributed by atoms with E-state index in [1.54, 1.807) is 0 Å². The Morgan fingerprint density at radius 3 is 2.53 bits per heavy atom. The zero-order valence-corrected chi connectivity index (χ0v) is 10.3. The van der Waals surface area contributed by atoms with Gasteiger partial charge in [-0.2, -0.15) is 0 Å². The highest BCUT2D eigenvalue weighted by molar-refractivity contribution is 5.77. The van der Waals surface area contributed by atoms with Crippen molar-refractivity contribution in [2.45, 2.75) is 51.5 Å². The molecule has 0 aliphatic heterocycles. The van der Waals surface area contributed by atoms with Crippen molar-refractivity contribution in [1.29, 1.82) is 0 Å². The van der Waals surface area contributed by atoms with E-state index < -0.39 is 0 Å². The lowest BCUT2D eigenvalue weighted by molar-refractivity contribution is -0.132. The second-order valence-electron chi connectivity index (χ2n) is 5.18. The zero-order chi connectivity index (χ0) is 11.5. The summed E-state index contributed by atoms with van der Waals surface area (Å²) in [6.07, 6.45) is 4.84. The summed E-state index contributed by atoms with van der Waals surface area (Å²) in [4.78, 5) is 13.7. The average molecular weight is 212 g/mol. The number of carbonyl (C=O) groups is 1. The van der Waals surface area contributed by atoms with Crippen LogP contribution in [0.5, 0.6) is 0 Å². The molecule has 1 saturated carbocycles. The van der Waals surface area contributed by atoms with Crippen LogP contribution in [-0.4, -0.2) is 29.9 Å². The van der Waals surface area contributed by atoms with E-state index in [0.29, 0.717) is 12.3 Å². The monoisotopic (exact) mass is 212 g/mol. The number of nitrogens with zero attached hydrogens (tertiary/aromatic N) is 1. The highest BCUT2D eigenvalue weighted by atomic mass is 16.2. The third-order valence-corrected chi connectivity index (χ3v) is 3.56. The summed E-state index contributed by atoms with van der Waals surface area (Å²) in [5.74, 6) is 0.784. The van der Waals surface area contributed by atoms with Gasteiger partial charge in [-0.25, -0.2) is 0 Å². The zero-order valence-electron chi connectivity index (χ0n) is 10.3. The summed E-state index contributed by atoms with van der Waals surface area (Å²) in [6, 6.07) is 0. The van der Waals surface area contributed by atoms with E-state index in [1.165, 1.54) is 6.42 Å². The number of amides is 1. The molecule has 0 saturated heterocycles. The maximum absolute atomic E-state index is 11.8. The fraction of sp³-hybridized carbons (Fsp3) is 0.917. The molecule has 15 heavy (non-hydrogen) atoms.